The quantitative estimate of drug-likeness (QED) is 0.751. The molecule has 104 valence electrons. The first-order valence-electron chi connectivity index (χ1n) is 5.51. The smallest absolute Gasteiger partial charge is 0.150 e. The Balaban J connectivity index is 0.000000211. The summed E-state index contributed by atoms with van der Waals surface area (Å²) in [5, 5.41) is 17.0. The zero-order chi connectivity index (χ0) is 15.8. The molecule has 0 saturated heterocycles. The van der Waals surface area contributed by atoms with Crippen LogP contribution in [-0.2, 0) is 0 Å². The van der Waals surface area contributed by atoms with Gasteiger partial charge in [-0.1, -0.05) is 11.6 Å². The third kappa shape index (κ3) is 4.68. The Bertz CT molecular complexity index is 748. The molecule has 0 atom stereocenters. The van der Waals surface area contributed by atoms with E-state index in [1.165, 1.54) is 30.3 Å². The Morgan fingerprint density at radius 3 is 1.95 bits per heavy atom. The van der Waals surface area contributed by atoms with Crippen LogP contribution in [-0.4, -0.2) is 6.29 Å². The summed E-state index contributed by atoms with van der Waals surface area (Å²) in [5.74, 6) is -1.13. The number of benzene rings is 2. The van der Waals surface area contributed by atoms with Crippen LogP contribution in [0.3, 0.4) is 0 Å². The fourth-order valence-electron chi connectivity index (χ4n) is 1.29. The minimum atomic E-state index is -0.599. The zero-order valence-electron chi connectivity index (χ0n) is 10.5. The van der Waals surface area contributed by atoms with Gasteiger partial charge in [-0.25, -0.2) is 8.78 Å². The van der Waals surface area contributed by atoms with Crippen LogP contribution in [0.15, 0.2) is 36.4 Å². The van der Waals surface area contributed by atoms with Gasteiger partial charge in [-0.2, -0.15) is 10.5 Å². The number of nitrogens with zero attached hydrogens (tertiary/aromatic N) is 2. The third-order valence-electron chi connectivity index (χ3n) is 2.30. The van der Waals surface area contributed by atoms with Crippen LogP contribution >= 0.6 is 11.6 Å². The van der Waals surface area contributed by atoms with E-state index in [-0.39, 0.29) is 11.1 Å². The highest BCUT2D eigenvalue weighted by molar-refractivity contribution is 6.30. The number of rotatable bonds is 1. The normalized spacial score (nSPS) is 8.81. The van der Waals surface area contributed by atoms with Crippen molar-refractivity contribution < 1.29 is 13.6 Å². The van der Waals surface area contributed by atoms with Crippen molar-refractivity contribution in [3.8, 4) is 12.1 Å². The van der Waals surface area contributed by atoms with Gasteiger partial charge in [0.25, 0.3) is 0 Å². The summed E-state index contributed by atoms with van der Waals surface area (Å²) in [7, 11) is 0. The second-order valence-corrected chi connectivity index (χ2v) is 4.14. The van der Waals surface area contributed by atoms with Crippen LogP contribution in [0.4, 0.5) is 8.78 Å². The Morgan fingerprint density at radius 1 is 0.952 bits per heavy atom. The van der Waals surface area contributed by atoms with Crippen molar-refractivity contribution in [2.45, 2.75) is 0 Å². The Hall–Kier alpha value is -2.76. The standard InChI is InChI=1S/C8H4FNO.C7H3ClFN/c9-8-2-1-6(5-11)3-7(8)4-10;8-6-1-2-7(9)5(3-6)4-10/h1-3,5H;1-3H. The van der Waals surface area contributed by atoms with E-state index in [9.17, 15) is 13.6 Å². The second-order valence-electron chi connectivity index (χ2n) is 3.70. The molecule has 0 N–H and O–H groups in total. The van der Waals surface area contributed by atoms with Crippen molar-refractivity contribution in [3.05, 3.63) is 69.7 Å². The fourth-order valence-corrected chi connectivity index (χ4v) is 1.46. The van der Waals surface area contributed by atoms with Crippen molar-refractivity contribution in [1.29, 1.82) is 10.5 Å². The highest BCUT2D eigenvalue weighted by Crippen LogP contribution is 2.13. The first-order valence-corrected chi connectivity index (χ1v) is 5.89. The van der Waals surface area contributed by atoms with Crippen molar-refractivity contribution in [2.24, 2.45) is 0 Å². The number of carbonyl (C=O) groups excluding carboxylic acids is 1. The molecule has 0 aliphatic carbocycles. The molecule has 2 rings (SSSR count). The van der Waals surface area contributed by atoms with E-state index in [0.717, 1.165) is 6.07 Å². The first-order chi connectivity index (χ1) is 10.0. The van der Waals surface area contributed by atoms with Gasteiger partial charge in [-0.15, -0.1) is 0 Å². The number of hydrogen-bond acceptors (Lipinski definition) is 3. The predicted molar refractivity (Wildman–Crippen MR) is 72.6 cm³/mol. The summed E-state index contributed by atoms with van der Waals surface area (Å²) in [6, 6.07) is 10.8. The summed E-state index contributed by atoms with van der Waals surface area (Å²) in [4.78, 5) is 10.2. The lowest BCUT2D eigenvalue weighted by atomic mass is 10.1. The zero-order valence-corrected chi connectivity index (χ0v) is 11.2. The molecular weight excluding hydrogens is 298 g/mol. The van der Waals surface area contributed by atoms with Crippen LogP contribution in [0.2, 0.25) is 5.02 Å². The largest absolute Gasteiger partial charge is 0.298 e. The van der Waals surface area contributed by atoms with E-state index >= 15 is 0 Å². The molecule has 0 aliphatic rings. The highest BCUT2D eigenvalue weighted by atomic mass is 35.5. The molecule has 3 nitrogen and oxygen atoms in total. The van der Waals surface area contributed by atoms with Crippen LogP contribution in [0.5, 0.6) is 0 Å². The molecular formula is C15H7ClF2N2O. The van der Waals surface area contributed by atoms with Crippen molar-refractivity contribution >= 4 is 17.9 Å². The molecule has 21 heavy (non-hydrogen) atoms. The Morgan fingerprint density at radius 2 is 1.48 bits per heavy atom. The van der Waals surface area contributed by atoms with E-state index in [1.54, 1.807) is 12.1 Å². The number of hydrogen-bond donors (Lipinski definition) is 0. The first kappa shape index (κ1) is 16.3. The summed E-state index contributed by atoms with van der Waals surface area (Å²) < 4.78 is 25.1. The van der Waals surface area contributed by atoms with Gasteiger partial charge in [0.2, 0.25) is 0 Å². The lowest BCUT2D eigenvalue weighted by molar-refractivity contribution is 0.112. The van der Waals surface area contributed by atoms with Crippen molar-refractivity contribution in [1.82, 2.24) is 0 Å². The average Bonchev–Trinajstić information content (AvgIpc) is 2.51. The van der Waals surface area contributed by atoms with E-state index in [2.05, 4.69) is 0 Å². The molecule has 0 fully saturated rings. The van der Waals surface area contributed by atoms with Gasteiger partial charge in [0.05, 0.1) is 11.1 Å². The van der Waals surface area contributed by atoms with Crippen molar-refractivity contribution in [3.63, 3.8) is 0 Å². The molecule has 0 saturated carbocycles. The molecule has 0 radical (unpaired) electrons. The van der Waals surface area contributed by atoms with Gasteiger partial charge in [-0.05, 0) is 36.4 Å². The predicted octanol–water partition coefficient (Wildman–Crippen LogP) is 3.86. The van der Waals surface area contributed by atoms with Crippen LogP contribution in [0, 0.1) is 34.3 Å². The van der Waals surface area contributed by atoms with E-state index < -0.39 is 11.6 Å². The Labute approximate surface area is 124 Å². The summed E-state index contributed by atoms with van der Waals surface area (Å²) in [5.41, 5.74) is 0.185. The van der Waals surface area contributed by atoms with Gasteiger partial charge in [0.1, 0.15) is 30.1 Å². The SMILES string of the molecule is N#Cc1cc(C=O)ccc1F.N#Cc1cc(Cl)ccc1F. The minimum absolute atomic E-state index is 0.0208. The molecule has 0 aliphatic heterocycles. The highest BCUT2D eigenvalue weighted by Gasteiger charge is 2.00. The molecule has 0 spiro atoms. The van der Waals surface area contributed by atoms with Crippen LogP contribution in [0.25, 0.3) is 0 Å². The summed E-state index contributed by atoms with van der Waals surface area (Å²) >= 11 is 5.48. The lowest BCUT2D eigenvalue weighted by Gasteiger charge is -1.92. The van der Waals surface area contributed by atoms with Crippen molar-refractivity contribution in [2.75, 3.05) is 0 Å². The van der Waals surface area contributed by atoms with Gasteiger partial charge >= 0.3 is 0 Å². The van der Waals surface area contributed by atoms with Gasteiger partial charge < -0.3 is 0 Å². The molecule has 0 unspecified atom stereocenters. The number of nitriles is 2. The molecule has 2 aromatic rings. The molecule has 0 bridgehead atoms. The topological polar surface area (TPSA) is 64.7 Å². The number of carbonyl (C=O) groups is 1. The average molecular weight is 305 g/mol. The molecule has 0 amide bonds. The summed E-state index contributed by atoms with van der Waals surface area (Å²) in [6.45, 7) is 0. The minimum Gasteiger partial charge on any atom is -0.298 e. The second kappa shape index (κ2) is 7.74. The lowest BCUT2D eigenvalue weighted by Crippen LogP contribution is -1.86. The molecule has 0 aromatic heterocycles. The Kier molecular flexibility index (Phi) is 6.00. The monoisotopic (exact) mass is 304 g/mol. The van der Waals surface area contributed by atoms with Crippen LogP contribution in [0.1, 0.15) is 21.5 Å². The molecule has 2 aromatic carbocycles. The van der Waals surface area contributed by atoms with E-state index in [1.807, 2.05) is 0 Å². The maximum absolute atomic E-state index is 12.6. The van der Waals surface area contributed by atoms with E-state index in [4.69, 9.17) is 22.1 Å². The van der Waals surface area contributed by atoms with Gasteiger partial charge in [0.15, 0.2) is 0 Å². The summed E-state index contributed by atoms with van der Waals surface area (Å²) in [6.07, 6.45) is 0.570. The van der Waals surface area contributed by atoms with Gasteiger partial charge in [0, 0.05) is 10.6 Å². The van der Waals surface area contributed by atoms with Gasteiger partial charge in [-0.3, -0.25) is 4.79 Å². The fraction of sp³-hybridized carbons (Fsp3) is 0. The maximum atomic E-state index is 12.6. The molecule has 6 heteroatoms. The maximum Gasteiger partial charge on any atom is 0.150 e. The number of halogens is 3. The molecule has 0 heterocycles. The van der Waals surface area contributed by atoms with E-state index in [0.29, 0.717) is 16.9 Å². The number of aldehydes is 1. The third-order valence-corrected chi connectivity index (χ3v) is 2.53. The van der Waals surface area contributed by atoms with Crippen LogP contribution < -0.4 is 0 Å².